The maximum absolute atomic E-state index is 11.8. The van der Waals surface area contributed by atoms with Gasteiger partial charge in [-0.05, 0) is 18.9 Å². The lowest BCUT2D eigenvalue weighted by Gasteiger charge is -2.36. The summed E-state index contributed by atoms with van der Waals surface area (Å²) in [6.07, 6.45) is 0.752. The summed E-state index contributed by atoms with van der Waals surface area (Å²) in [6, 6.07) is -0.348. The summed E-state index contributed by atoms with van der Waals surface area (Å²) in [5.74, 6) is 0.0241. The molecule has 0 radical (unpaired) electrons. The zero-order valence-corrected chi connectivity index (χ0v) is 9.72. The van der Waals surface area contributed by atoms with Gasteiger partial charge in [0.1, 0.15) is 0 Å². The van der Waals surface area contributed by atoms with Crippen LogP contribution in [0.3, 0.4) is 0 Å². The van der Waals surface area contributed by atoms with Crippen LogP contribution in [0, 0.1) is 5.92 Å². The number of amides is 2. The van der Waals surface area contributed by atoms with Gasteiger partial charge in [0.15, 0.2) is 0 Å². The number of aliphatic hydroxyl groups excluding tert-OH is 1. The first-order valence-corrected chi connectivity index (χ1v) is 5.73. The van der Waals surface area contributed by atoms with E-state index in [2.05, 4.69) is 0 Å². The van der Waals surface area contributed by atoms with Gasteiger partial charge >= 0.3 is 0 Å². The molecule has 5 nitrogen and oxygen atoms in total. The maximum atomic E-state index is 11.8. The van der Waals surface area contributed by atoms with Gasteiger partial charge in [0.05, 0.1) is 18.6 Å². The van der Waals surface area contributed by atoms with Crippen LogP contribution < -0.4 is 0 Å². The standard InChI is InChI=1S/C11H18N2O3/c1-7-3-4-13(6-9(7)14)8-5-10(15)12(2)11(8)16/h7-9,14H,3-6H2,1-2H3. The molecular formula is C11H18N2O3. The average molecular weight is 226 g/mol. The Hall–Kier alpha value is -0.940. The Kier molecular flexibility index (Phi) is 2.99. The lowest BCUT2D eigenvalue weighted by Crippen LogP contribution is -2.50. The van der Waals surface area contributed by atoms with Crippen molar-refractivity contribution in [3.05, 3.63) is 0 Å². The van der Waals surface area contributed by atoms with E-state index in [9.17, 15) is 14.7 Å². The van der Waals surface area contributed by atoms with Gasteiger partial charge in [0, 0.05) is 13.6 Å². The molecule has 90 valence electrons. The van der Waals surface area contributed by atoms with E-state index < -0.39 is 0 Å². The van der Waals surface area contributed by atoms with Crippen molar-refractivity contribution in [2.24, 2.45) is 5.92 Å². The van der Waals surface area contributed by atoms with Gasteiger partial charge in [-0.2, -0.15) is 0 Å². The highest BCUT2D eigenvalue weighted by atomic mass is 16.3. The summed E-state index contributed by atoms with van der Waals surface area (Å²) in [4.78, 5) is 26.3. The largest absolute Gasteiger partial charge is 0.392 e. The lowest BCUT2D eigenvalue weighted by molar-refractivity contribution is -0.138. The number of rotatable bonds is 1. The highest BCUT2D eigenvalue weighted by Gasteiger charge is 2.41. The molecule has 2 heterocycles. The van der Waals surface area contributed by atoms with Crippen molar-refractivity contribution in [2.45, 2.75) is 31.9 Å². The molecule has 5 heteroatoms. The second-order valence-corrected chi connectivity index (χ2v) is 4.84. The van der Waals surface area contributed by atoms with Gasteiger partial charge in [-0.15, -0.1) is 0 Å². The van der Waals surface area contributed by atoms with Crippen LogP contribution in [-0.4, -0.2) is 59.0 Å². The number of piperidine rings is 1. The number of aliphatic hydroxyl groups is 1. The lowest BCUT2D eigenvalue weighted by atomic mass is 9.94. The van der Waals surface area contributed by atoms with E-state index in [1.54, 1.807) is 0 Å². The first-order chi connectivity index (χ1) is 7.50. The van der Waals surface area contributed by atoms with E-state index >= 15 is 0 Å². The minimum atomic E-state index is -0.387. The van der Waals surface area contributed by atoms with E-state index in [-0.39, 0.29) is 36.3 Å². The van der Waals surface area contributed by atoms with E-state index in [0.717, 1.165) is 13.0 Å². The third-order valence-electron chi connectivity index (χ3n) is 3.75. The number of likely N-dealkylation sites (N-methyl/N-ethyl adjacent to an activating group) is 1. The van der Waals surface area contributed by atoms with Crippen molar-refractivity contribution in [1.82, 2.24) is 9.80 Å². The number of hydrogen-bond donors (Lipinski definition) is 1. The Balaban J connectivity index is 2.04. The third kappa shape index (κ3) is 1.85. The van der Waals surface area contributed by atoms with Crippen molar-refractivity contribution in [2.75, 3.05) is 20.1 Å². The van der Waals surface area contributed by atoms with Crippen LogP contribution in [0.4, 0.5) is 0 Å². The zero-order chi connectivity index (χ0) is 11.9. The first-order valence-electron chi connectivity index (χ1n) is 5.73. The van der Waals surface area contributed by atoms with Crippen molar-refractivity contribution in [3.8, 4) is 0 Å². The Bertz CT molecular complexity index is 318. The van der Waals surface area contributed by atoms with Gasteiger partial charge in [0.25, 0.3) is 0 Å². The Morgan fingerprint density at radius 2 is 2.06 bits per heavy atom. The molecule has 2 aliphatic rings. The summed E-state index contributed by atoms with van der Waals surface area (Å²) in [5.41, 5.74) is 0. The van der Waals surface area contributed by atoms with Crippen LogP contribution in [0.5, 0.6) is 0 Å². The summed E-state index contributed by atoms with van der Waals surface area (Å²) in [5, 5.41) is 9.78. The molecule has 0 bridgehead atoms. The topological polar surface area (TPSA) is 60.9 Å². The van der Waals surface area contributed by atoms with Crippen LogP contribution in [-0.2, 0) is 9.59 Å². The third-order valence-corrected chi connectivity index (χ3v) is 3.75. The summed E-state index contributed by atoms with van der Waals surface area (Å²) in [6.45, 7) is 3.30. The average Bonchev–Trinajstić information content (AvgIpc) is 2.50. The summed E-state index contributed by atoms with van der Waals surface area (Å²) in [7, 11) is 1.52. The van der Waals surface area contributed by atoms with Crippen molar-refractivity contribution < 1.29 is 14.7 Å². The molecule has 0 spiro atoms. The molecular weight excluding hydrogens is 208 g/mol. The van der Waals surface area contributed by atoms with Crippen LogP contribution in [0.15, 0.2) is 0 Å². The predicted molar refractivity (Wildman–Crippen MR) is 57.5 cm³/mol. The predicted octanol–water partition coefficient (Wildman–Crippen LogP) is -0.554. The monoisotopic (exact) mass is 226 g/mol. The molecule has 1 N–H and O–H groups in total. The molecule has 16 heavy (non-hydrogen) atoms. The van der Waals surface area contributed by atoms with Gasteiger partial charge < -0.3 is 5.11 Å². The quantitative estimate of drug-likeness (QED) is 0.609. The molecule has 0 aromatic carbocycles. The molecule has 2 rings (SSSR count). The molecule has 3 unspecified atom stereocenters. The van der Waals surface area contributed by atoms with Crippen molar-refractivity contribution in [1.29, 1.82) is 0 Å². The molecule has 2 aliphatic heterocycles. The second kappa shape index (κ2) is 4.14. The number of carbonyl (C=O) groups excluding carboxylic acids is 2. The SMILES string of the molecule is CC1CCN(C2CC(=O)N(C)C2=O)CC1O. The van der Waals surface area contributed by atoms with Gasteiger partial charge in [-0.25, -0.2) is 0 Å². The molecule has 0 saturated carbocycles. The molecule has 2 saturated heterocycles. The molecule has 0 aromatic heterocycles. The molecule has 0 aromatic rings. The zero-order valence-electron chi connectivity index (χ0n) is 9.72. The van der Waals surface area contributed by atoms with Gasteiger partial charge in [0.2, 0.25) is 11.8 Å². The van der Waals surface area contributed by atoms with E-state index in [4.69, 9.17) is 0 Å². The van der Waals surface area contributed by atoms with E-state index in [1.807, 2.05) is 11.8 Å². The van der Waals surface area contributed by atoms with Crippen LogP contribution in [0.1, 0.15) is 19.8 Å². The normalized spacial score (nSPS) is 37.2. The van der Waals surface area contributed by atoms with Gasteiger partial charge in [-0.1, -0.05) is 6.92 Å². The summed E-state index contributed by atoms with van der Waals surface area (Å²) >= 11 is 0. The fourth-order valence-electron chi connectivity index (χ4n) is 2.38. The fraction of sp³-hybridized carbons (Fsp3) is 0.818. The second-order valence-electron chi connectivity index (χ2n) is 4.84. The van der Waals surface area contributed by atoms with E-state index in [1.165, 1.54) is 11.9 Å². The minimum absolute atomic E-state index is 0.122. The minimum Gasteiger partial charge on any atom is -0.392 e. The van der Waals surface area contributed by atoms with Crippen LogP contribution >= 0.6 is 0 Å². The summed E-state index contributed by atoms with van der Waals surface area (Å²) < 4.78 is 0. The van der Waals surface area contributed by atoms with Gasteiger partial charge in [-0.3, -0.25) is 19.4 Å². The Morgan fingerprint density at radius 1 is 1.38 bits per heavy atom. The van der Waals surface area contributed by atoms with Crippen molar-refractivity contribution >= 4 is 11.8 Å². The number of imide groups is 1. The number of hydrogen-bond acceptors (Lipinski definition) is 4. The highest BCUT2D eigenvalue weighted by Crippen LogP contribution is 2.24. The van der Waals surface area contributed by atoms with E-state index in [0.29, 0.717) is 6.54 Å². The first kappa shape index (κ1) is 11.5. The Morgan fingerprint density at radius 3 is 2.56 bits per heavy atom. The molecule has 3 atom stereocenters. The molecule has 0 aliphatic carbocycles. The smallest absolute Gasteiger partial charge is 0.246 e. The van der Waals surface area contributed by atoms with Crippen molar-refractivity contribution in [3.63, 3.8) is 0 Å². The fourth-order valence-corrected chi connectivity index (χ4v) is 2.38. The highest BCUT2D eigenvalue weighted by molar-refractivity contribution is 6.05. The number of likely N-dealkylation sites (tertiary alicyclic amines) is 2. The Labute approximate surface area is 95.0 Å². The van der Waals surface area contributed by atoms with Crippen LogP contribution in [0.25, 0.3) is 0 Å². The number of β-amino-alcohol motifs (C(OH)–C–C–N with tert-alkyl or cyclic N) is 1. The molecule has 2 amide bonds. The maximum Gasteiger partial charge on any atom is 0.246 e. The van der Waals surface area contributed by atoms with Crippen LogP contribution in [0.2, 0.25) is 0 Å². The number of nitrogens with zero attached hydrogens (tertiary/aromatic N) is 2. The molecule has 2 fully saturated rings. The number of carbonyl (C=O) groups is 2.